The van der Waals surface area contributed by atoms with E-state index in [2.05, 4.69) is 6.07 Å². The molecule has 1 aromatic carbocycles. The van der Waals surface area contributed by atoms with Crippen LogP contribution in [0.25, 0.3) is 0 Å². The molecule has 2 rings (SSSR count). The lowest BCUT2D eigenvalue weighted by Crippen LogP contribution is -2.46. The van der Waals surface area contributed by atoms with Crippen LogP contribution in [0.2, 0.25) is 5.02 Å². The Morgan fingerprint density at radius 2 is 1.95 bits per heavy atom. The van der Waals surface area contributed by atoms with Gasteiger partial charge in [-0.25, -0.2) is 0 Å². The minimum Gasteiger partial charge on any atom is -0.369 e. The van der Waals surface area contributed by atoms with Crippen LogP contribution in [0, 0.1) is 5.41 Å². The van der Waals surface area contributed by atoms with Gasteiger partial charge in [0.25, 0.3) is 0 Å². The number of carbonyl (C=O) groups excluding carboxylic acids is 1. The topological polar surface area (TPSA) is 69.1 Å². The first kappa shape index (κ1) is 14.4. The van der Waals surface area contributed by atoms with E-state index in [9.17, 15) is 4.79 Å². The molecule has 0 aromatic heterocycles. The average molecular weight is 281 g/mol. The van der Waals surface area contributed by atoms with E-state index in [1.807, 2.05) is 25.1 Å². The number of halogens is 1. The van der Waals surface area contributed by atoms with E-state index in [1.54, 1.807) is 0 Å². The molecule has 0 spiro atoms. The summed E-state index contributed by atoms with van der Waals surface area (Å²) in [5.41, 5.74) is 12.2. The molecule has 19 heavy (non-hydrogen) atoms. The maximum absolute atomic E-state index is 11.5. The van der Waals surface area contributed by atoms with Gasteiger partial charge in [-0.1, -0.05) is 30.7 Å². The lowest BCUT2D eigenvalue weighted by molar-refractivity contribution is -0.129. The predicted octanol–water partition coefficient (Wildman–Crippen LogP) is 2.60. The summed E-state index contributed by atoms with van der Waals surface area (Å²) in [6, 6.07) is 7.88. The molecule has 1 saturated carbocycles. The number of hydrogen-bond acceptors (Lipinski definition) is 2. The summed E-state index contributed by atoms with van der Waals surface area (Å²) in [5, 5.41) is 0.730. The molecule has 0 saturated heterocycles. The monoisotopic (exact) mass is 280 g/mol. The summed E-state index contributed by atoms with van der Waals surface area (Å²) in [6.45, 7) is 2.52. The highest BCUT2D eigenvalue weighted by molar-refractivity contribution is 6.30. The highest BCUT2D eigenvalue weighted by atomic mass is 35.5. The van der Waals surface area contributed by atoms with E-state index in [0.29, 0.717) is 6.54 Å². The Kier molecular flexibility index (Phi) is 3.88. The van der Waals surface area contributed by atoms with Gasteiger partial charge in [-0.15, -0.1) is 0 Å². The number of amides is 1. The van der Waals surface area contributed by atoms with Crippen molar-refractivity contribution in [3.05, 3.63) is 34.9 Å². The van der Waals surface area contributed by atoms with E-state index >= 15 is 0 Å². The zero-order valence-corrected chi connectivity index (χ0v) is 12.0. The van der Waals surface area contributed by atoms with Gasteiger partial charge in [-0.3, -0.25) is 4.79 Å². The molecule has 4 heteroatoms. The molecule has 0 radical (unpaired) electrons. The van der Waals surface area contributed by atoms with Gasteiger partial charge in [-0.2, -0.15) is 0 Å². The Bertz CT molecular complexity index is 479. The molecule has 4 N–H and O–H groups in total. The van der Waals surface area contributed by atoms with Gasteiger partial charge in [0.2, 0.25) is 5.91 Å². The molecule has 0 heterocycles. The second-order valence-electron chi connectivity index (χ2n) is 5.92. The second-order valence-corrected chi connectivity index (χ2v) is 6.36. The van der Waals surface area contributed by atoms with Crippen molar-refractivity contribution in [1.82, 2.24) is 0 Å². The van der Waals surface area contributed by atoms with Crippen LogP contribution in [0.15, 0.2) is 24.3 Å². The summed E-state index contributed by atoms with van der Waals surface area (Å²) in [7, 11) is 0. The quantitative estimate of drug-likeness (QED) is 0.893. The van der Waals surface area contributed by atoms with Crippen LogP contribution in [-0.2, 0) is 10.2 Å². The SMILES string of the molecule is CC1(C(N)=O)CCC(CN)(c2cccc(Cl)c2)CC1. The molecule has 0 bridgehead atoms. The Labute approximate surface area is 119 Å². The first-order valence-corrected chi connectivity index (χ1v) is 7.06. The zero-order valence-electron chi connectivity index (χ0n) is 11.3. The van der Waals surface area contributed by atoms with Crippen molar-refractivity contribution in [2.45, 2.75) is 38.0 Å². The van der Waals surface area contributed by atoms with Crippen LogP contribution in [0.3, 0.4) is 0 Å². The normalized spacial score (nSPS) is 31.1. The molecule has 1 aliphatic carbocycles. The molecular formula is C15H21ClN2O. The van der Waals surface area contributed by atoms with Gasteiger partial charge >= 0.3 is 0 Å². The number of hydrogen-bond donors (Lipinski definition) is 2. The summed E-state index contributed by atoms with van der Waals surface area (Å²) in [4.78, 5) is 11.5. The minimum absolute atomic E-state index is 0.0696. The Morgan fingerprint density at radius 3 is 2.42 bits per heavy atom. The van der Waals surface area contributed by atoms with E-state index in [-0.39, 0.29) is 11.3 Å². The fourth-order valence-electron chi connectivity index (χ4n) is 2.96. The largest absolute Gasteiger partial charge is 0.369 e. The third-order valence-electron chi connectivity index (χ3n) is 4.73. The lowest BCUT2D eigenvalue weighted by Gasteiger charge is -2.43. The average Bonchev–Trinajstić information content (AvgIpc) is 2.40. The van der Waals surface area contributed by atoms with Crippen LogP contribution in [0.5, 0.6) is 0 Å². The standard InChI is InChI=1S/C15H21ClN2O/c1-14(13(18)19)5-7-15(10-17,8-6-14)11-3-2-4-12(16)9-11/h2-4,9H,5-8,10,17H2,1H3,(H2,18,19). The number of benzene rings is 1. The summed E-state index contributed by atoms with van der Waals surface area (Å²) in [5.74, 6) is -0.204. The predicted molar refractivity (Wildman–Crippen MR) is 78.0 cm³/mol. The van der Waals surface area contributed by atoms with Crippen molar-refractivity contribution in [3.8, 4) is 0 Å². The first-order chi connectivity index (χ1) is 8.92. The summed E-state index contributed by atoms with van der Waals surface area (Å²) >= 11 is 6.07. The van der Waals surface area contributed by atoms with Crippen molar-refractivity contribution in [2.24, 2.45) is 16.9 Å². The number of nitrogens with two attached hydrogens (primary N) is 2. The third kappa shape index (κ3) is 2.63. The molecular weight excluding hydrogens is 260 g/mol. The maximum Gasteiger partial charge on any atom is 0.223 e. The second kappa shape index (κ2) is 5.14. The highest BCUT2D eigenvalue weighted by Gasteiger charge is 2.43. The van der Waals surface area contributed by atoms with Gasteiger partial charge in [-0.05, 0) is 43.4 Å². The van der Waals surface area contributed by atoms with Crippen molar-refractivity contribution < 1.29 is 4.79 Å². The third-order valence-corrected chi connectivity index (χ3v) is 4.97. The van der Waals surface area contributed by atoms with Crippen LogP contribution < -0.4 is 11.5 Å². The zero-order chi connectivity index (χ0) is 14.1. The van der Waals surface area contributed by atoms with E-state index < -0.39 is 5.41 Å². The van der Waals surface area contributed by atoms with Crippen LogP contribution in [-0.4, -0.2) is 12.5 Å². The first-order valence-electron chi connectivity index (χ1n) is 6.68. The fraction of sp³-hybridized carbons (Fsp3) is 0.533. The van der Waals surface area contributed by atoms with Crippen molar-refractivity contribution in [1.29, 1.82) is 0 Å². The molecule has 1 fully saturated rings. The molecule has 0 atom stereocenters. The van der Waals surface area contributed by atoms with E-state index in [4.69, 9.17) is 23.1 Å². The highest BCUT2D eigenvalue weighted by Crippen LogP contribution is 2.46. The van der Waals surface area contributed by atoms with Crippen molar-refractivity contribution >= 4 is 17.5 Å². The number of carbonyl (C=O) groups is 1. The smallest absolute Gasteiger partial charge is 0.223 e. The van der Waals surface area contributed by atoms with E-state index in [1.165, 1.54) is 5.56 Å². The maximum atomic E-state index is 11.5. The van der Waals surface area contributed by atoms with Gasteiger partial charge in [0.1, 0.15) is 0 Å². The van der Waals surface area contributed by atoms with Gasteiger partial charge in [0.15, 0.2) is 0 Å². The van der Waals surface area contributed by atoms with Crippen molar-refractivity contribution in [2.75, 3.05) is 6.54 Å². The molecule has 1 aliphatic rings. The van der Waals surface area contributed by atoms with Crippen molar-refractivity contribution in [3.63, 3.8) is 0 Å². The Morgan fingerprint density at radius 1 is 1.32 bits per heavy atom. The Hall–Kier alpha value is -1.06. The van der Waals surface area contributed by atoms with Gasteiger partial charge in [0.05, 0.1) is 0 Å². The van der Waals surface area contributed by atoms with Gasteiger partial charge in [0, 0.05) is 22.4 Å². The number of primary amides is 1. The molecule has 0 unspecified atom stereocenters. The number of rotatable bonds is 3. The van der Waals surface area contributed by atoms with Crippen LogP contribution in [0.1, 0.15) is 38.2 Å². The molecule has 104 valence electrons. The molecule has 0 aliphatic heterocycles. The fourth-order valence-corrected chi connectivity index (χ4v) is 3.15. The van der Waals surface area contributed by atoms with Gasteiger partial charge < -0.3 is 11.5 Å². The minimum atomic E-state index is -0.392. The molecule has 1 aromatic rings. The van der Waals surface area contributed by atoms with E-state index in [0.717, 1.165) is 30.7 Å². The molecule has 3 nitrogen and oxygen atoms in total. The Balaban J connectivity index is 2.26. The van der Waals surface area contributed by atoms with Crippen LogP contribution >= 0.6 is 11.6 Å². The summed E-state index contributed by atoms with van der Waals surface area (Å²) < 4.78 is 0. The lowest BCUT2D eigenvalue weighted by atomic mass is 9.61. The summed E-state index contributed by atoms with van der Waals surface area (Å²) in [6.07, 6.45) is 3.32. The molecule has 1 amide bonds. The van der Waals surface area contributed by atoms with Crippen LogP contribution in [0.4, 0.5) is 0 Å².